The fourth-order valence-electron chi connectivity index (χ4n) is 2.94. The van der Waals surface area contributed by atoms with Gasteiger partial charge in [0.15, 0.2) is 0 Å². The molecule has 2 N–H and O–H groups in total. The normalized spacial score (nSPS) is 16.4. The molecule has 1 atom stereocenters. The quantitative estimate of drug-likeness (QED) is 0.642. The van der Waals surface area contributed by atoms with Crippen molar-refractivity contribution in [3.8, 4) is 5.75 Å². The topological polar surface area (TPSA) is 92.7 Å². The van der Waals surface area contributed by atoms with Gasteiger partial charge in [0.2, 0.25) is 0 Å². The fraction of sp³-hybridized carbons (Fsp3) is 0.471. The SMILES string of the molecule is CC(=O)Oc1cccc(C(=O)N[C@@H](C(=O)O)C2CCCCC2)c1. The maximum atomic E-state index is 12.3. The Morgan fingerprint density at radius 3 is 2.52 bits per heavy atom. The molecule has 0 unspecified atom stereocenters. The summed E-state index contributed by atoms with van der Waals surface area (Å²) in [6, 6.07) is 5.25. The van der Waals surface area contributed by atoms with Crippen LogP contribution in [0.15, 0.2) is 24.3 Å². The second-order valence-electron chi connectivity index (χ2n) is 5.81. The molecule has 6 heteroatoms. The standard InChI is InChI=1S/C17H21NO5/c1-11(19)23-14-9-5-8-13(10-14)16(20)18-15(17(21)22)12-6-3-2-4-7-12/h5,8-10,12,15H,2-4,6-7H2,1H3,(H,18,20)(H,21,22)/t15-/m1/s1. The Balaban J connectivity index is 2.09. The molecule has 0 bridgehead atoms. The zero-order valence-electron chi connectivity index (χ0n) is 13.1. The van der Waals surface area contributed by atoms with Gasteiger partial charge in [0.05, 0.1) is 0 Å². The number of nitrogens with one attached hydrogen (secondary N) is 1. The number of hydrogen-bond donors (Lipinski definition) is 2. The molecule has 1 aliphatic rings. The van der Waals surface area contributed by atoms with Crippen molar-refractivity contribution < 1.29 is 24.2 Å². The largest absolute Gasteiger partial charge is 0.480 e. The van der Waals surface area contributed by atoms with Gasteiger partial charge >= 0.3 is 11.9 Å². The lowest BCUT2D eigenvalue weighted by Gasteiger charge is -2.28. The van der Waals surface area contributed by atoms with Gasteiger partial charge in [-0.2, -0.15) is 0 Å². The summed E-state index contributed by atoms with van der Waals surface area (Å²) in [5.41, 5.74) is 0.269. The van der Waals surface area contributed by atoms with Crippen molar-refractivity contribution in [2.45, 2.75) is 45.1 Å². The van der Waals surface area contributed by atoms with Crippen LogP contribution in [-0.2, 0) is 9.59 Å². The molecule has 0 heterocycles. The van der Waals surface area contributed by atoms with Gasteiger partial charge in [0.25, 0.3) is 5.91 Å². The number of carbonyl (C=O) groups is 3. The second kappa shape index (κ2) is 7.76. The van der Waals surface area contributed by atoms with E-state index in [0.717, 1.165) is 32.1 Å². The number of benzene rings is 1. The molecule has 0 aromatic heterocycles. The molecule has 0 aliphatic heterocycles. The summed E-state index contributed by atoms with van der Waals surface area (Å²) in [5, 5.41) is 12.0. The lowest BCUT2D eigenvalue weighted by molar-refractivity contribution is -0.141. The van der Waals surface area contributed by atoms with Gasteiger partial charge in [0.1, 0.15) is 11.8 Å². The van der Waals surface area contributed by atoms with E-state index in [1.807, 2.05) is 0 Å². The minimum atomic E-state index is -1.01. The van der Waals surface area contributed by atoms with Gasteiger partial charge in [-0.15, -0.1) is 0 Å². The third-order valence-corrected chi connectivity index (χ3v) is 4.03. The van der Waals surface area contributed by atoms with E-state index in [1.165, 1.54) is 13.0 Å². The zero-order chi connectivity index (χ0) is 16.8. The molecule has 0 radical (unpaired) electrons. The fourth-order valence-corrected chi connectivity index (χ4v) is 2.94. The van der Waals surface area contributed by atoms with Gasteiger partial charge in [-0.3, -0.25) is 9.59 Å². The number of aliphatic carboxylic acids is 1. The molecule has 124 valence electrons. The summed E-state index contributed by atoms with van der Waals surface area (Å²) in [6.07, 6.45) is 4.72. The van der Waals surface area contributed by atoms with E-state index >= 15 is 0 Å². The van der Waals surface area contributed by atoms with Crippen molar-refractivity contribution >= 4 is 17.8 Å². The first-order chi connectivity index (χ1) is 11.0. The summed E-state index contributed by atoms with van der Waals surface area (Å²) >= 11 is 0. The first-order valence-corrected chi connectivity index (χ1v) is 7.79. The average molecular weight is 319 g/mol. The van der Waals surface area contributed by atoms with Gasteiger partial charge in [0, 0.05) is 12.5 Å². The van der Waals surface area contributed by atoms with Crippen LogP contribution >= 0.6 is 0 Å². The third-order valence-electron chi connectivity index (χ3n) is 4.03. The summed E-state index contributed by atoms with van der Waals surface area (Å²) in [4.78, 5) is 34.8. The van der Waals surface area contributed by atoms with E-state index < -0.39 is 23.9 Å². The van der Waals surface area contributed by atoms with E-state index in [2.05, 4.69) is 5.32 Å². The molecular formula is C17H21NO5. The maximum Gasteiger partial charge on any atom is 0.326 e. The molecule has 0 spiro atoms. The van der Waals surface area contributed by atoms with Crippen LogP contribution in [0.3, 0.4) is 0 Å². The van der Waals surface area contributed by atoms with Crippen LogP contribution in [0.2, 0.25) is 0 Å². The third kappa shape index (κ3) is 4.81. The molecule has 1 fully saturated rings. The lowest BCUT2D eigenvalue weighted by Crippen LogP contribution is -2.46. The Bertz CT molecular complexity index is 592. The number of hydrogen-bond acceptors (Lipinski definition) is 4. The summed E-state index contributed by atoms with van der Waals surface area (Å²) < 4.78 is 4.94. The predicted molar refractivity (Wildman–Crippen MR) is 83.2 cm³/mol. The molecule has 1 aromatic carbocycles. The van der Waals surface area contributed by atoms with Gasteiger partial charge in [-0.25, -0.2) is 4.79 Å². The number of amides is 1. The van der Waals surface area contributed by atoms with Crippen LogP contribution in [0.4, 0.5) is 0 Å². The number of esters is 1. The van der Waals surface area contributed by atoms with Crippen LogP contribution in [0, 0.1) is 5.92 Å². The van der Waals surface area contributed by atoms with E-state index in [-0.39, 0.29) is 17.2 Å². The van der Waals surface area contributed by atoms with Crippen molar-refractivity contribution in [1.29, 1.82) is 0 Å². The number of carboxylic acid groups (broad SMARTS) is 1. The summed E-state index contributed by atoms with van der Waals surface area (Å²) in [7, 11) is 0. The number of carbonyl (C=O) groups excluding carboxylic acids is 2. The van der Waals surface area contributed by atoms with E-state index in [1.54, 1.807) is 18.2 Å². The molecule has 23 heavy (non-hydrogen) atoms. The molecule has 1 saturated carbocycles. The van der Waals surface area contributed by atoms with Crippen molar-refractivity contribution in [3.63, 3.8) is 0 Å². The van der Waals surface area contributed by atoms with Crippen LogP contribution in [0.1, 0.15) is 49.4 Å². The Hall–Kier alpha value is -2.37. The minimum absolute atomic E-state index is 0.0400. The predicted octanol–water partition coefficient (Wildman–Crippen LogP) is 2.38. The Morgan fingerprint density at radius 2 is 1.91 bits per heavy atom. The van der Waals surface area contributed by atoms with Crippen LogP contribution < -0.4 is 10.1 Å². The number of carboxylic acids is 1. The molecule has 1 aliphatic carbocycles. The van der Waals surface area contributed by atoms with E-state index in [9.17, 15) is 19.5 Å². The van der Waals surface area contributed by atoms with Gasteiger partial charge in [-0.1, -0.05) is 25.3 Å². The number of rotatable bonds is 5. The summed E-state index contributed by atoms with van der Waals surface area (Å²) in [5.74, 6) is -1.75. The molecule has 0 saturated heterocycles. The summed E-state index contributed by atoms with van der Waals surface area (Å²) in [6.45, 7) is 1.27. The molecule has 6 nitrogen and oxygen atoms in total. The monoisotopic (exact) mass is 319 g/mol. The molecule has 1 aromatic rings. The molecule has 2 rings (SSSR count). The van der Waals surface area contributed by atoms with Gasteiger partial charge in [-0.05, 0) is 37.0 Å². The van der Waals surface area contributed by atoms with Crippen molar-refractivity contribution in [2.75, 3.05) is 0 Å². The first kappa shape index (κ1) is 17.0. The maximum absolute atomic E-state index is 12.3. The zero-order valence-corrected chi connectivity index (χ0v) is 13.1. The highest BCUT2D eigenvalue weighted by molar-refractivity contribution is 5.97. The highest BCUT2D eigenvalue weighted by Gasteiger charge is 2.30. The Labute approximate surface area is 134 Å². The van der Waals surface area contributed by atoms with Crippen LogP contribution in [0.25, 0.3) is 0 Å². The average Bonchev–Trinajstić information content (AvgIpc) is 2.52. The van der Waals surface area contributed by atoms with Crippen molar-refractivity contribution in [3.05, 3.63) is 29.8 Å². The van der Waals surface area contributed by atoms with E-state index in [0.29, 0.717) is 0 Å². The smallest absolute Gasteiger partial charge is 0.326 e. The lowest BCUT2D eigenvalue weighted by atomic mass is 9.84. The first-order valence-electron chi connectivity index (χ1n) is 7.79. The highest BCUT2D eigenvalue weighted by Crippen LogP contribution is 2.27. The number of ether oxygens (including phenoxy) is 1. The van der Waals surface area contributed by atoms with Crippen molar-refractivity contribution in [1.82, 2.24) is 5.32 Å². The second-order valence-corrected chi connectivity index (χ2v) is 5.81. The molecule has 1 amide bonds. The van der Waals surface area contributed by atoms with Crippen LogP contribution in [0.5, 0.6) is 5.75 Å². The highest BCUT2D eigenvalue weighted by atomic mass is 16.5. The Kier molecular flexibility index (Phi) is 5.73. The van der Waals surface area contributed by atoms with Crippen molar-refractivity contribution in [2.24, 2.45) is 5.92 Å². The van der Waals surface area contributed by atoms with E-state index in [4.69, 9.17) is 4.74 Å². The van der Waals surface area contributed by atoms with Gasteiger partial charge < -0.3 is 15.2 Å². The van der Waals surface area contributed by atoms with Crippen LogP contribution in [-0.4, -0.2) is 29.0 Å². The Morgan fingerprint density at radius 1 is 1.22 bits per heavy atom. The molecular weight excluding hydrogens is 298 g/mol. The minimum Gasteiger partial charge on any atom is -0.480 e.